The van der Waals surface area contributed by atoms with E-state index >= 15 is 0 Å². The van der Waals surface area contributed by atoms with E-state index in [1.54, 1.807) is 0 Å². The molecule has 3 nitrogen and oxygen atoms in total. The van der Waals surface area contributed by atoms with Crippen molar-refractivity contribution in [2.75, 3.05) is 0 Å². The van der Waals surface area contributed by atoms with Gasteiger partial charge < -0.3 is 7.59 Å². The normalized spacial score (nSPS) is 7.83. The number of carbonyl (C=O) groups is 2. The first kappa shape index (κ1) is 13.9. The van der Waals surface area contributed by atoms with Gasteiger partial charge in [0.05, 0.1) is 0 Å². The molecule has 64 valence electrons. The molecule has 0 aliphatic carbocycles. The van der Waals surface area contributed by atoms with Gasteiger partial charge in [0.2, 0.25) is 0 Å². The maximum Gasteiger partial charge on any atom is 2.00 e. The molecule has 0 aromatic heterocycles. The van der Waals surface area contributed by atoms with Crippen LogP contribution in [0.1, 0.15) is 16.7 Å². The van der Waals surface area contributed by atoms with Gasteiger partial charge in [-0.15, -0.1) is 0 Å². The van der Waals surface area contributed by atoms with E-state index < -0.39 is 11.9 Å². The van der Waals surface area contributed by atoms with Gasteiger partial charge in [-0.25, -0.2) is 9.59 Å². The van der Waals surface area contributed by atoms with Crippen LogP contribution in [0.4, 0.5) is 0 Å². The number of esters is 2. The van der Waals surface area contributed by atoms with Crippen molar-refractivity contribution in [1.29, 1.82) is 0 Å². The molecule has 0 bridgehead atoms. The molecular formula is C8H12MgO3. The maximum atomic E-state index is 10.7. The summed E-state index contributed by atoms with van der Waals surface area (Å²) in [7, 11) is 0. The number of ether oxygens (including phenoxy) is 1. The molecule has 0 aromatic carbocycles. The molecule has 0 radical (unpaired) electrons. The molecule has 0 fully saturated rings. The van der Waals surface area contributed by atoms with Gasteiger partial charge in [-0.2, -0.15) is 0 Å². The van der Waals surface area contributed by atoms with Crippen LogP contribution in [0.3, 0.4) is 0 Å². The van der Waals surface area contributed by atoms with Crippen LogP contribution in [0.5, 0.6) is 0 Å². The zero-order chi connectivity index (χ0) is 9.02. The van der Waals surface area contributed by atoms with Crippen molar-refractivity contribution < 1.29 is 17.2 Å². The average molecular weight is 180 g/mol. The summed E-state index contributed by atoms with van der Waals surface area (Å²) < 4.78 is 4.30. The summed E-state index contributed by atoms with van der Waals surface area (Å²) in [5.74, 6) is -1.42. The van der Waals surface area contributed by atoms with Crippen molar-refractivity contribution in [3.8, 4) is 0 Å². The Kier molecular flexibility index (Phi) is 6.93. The van der Waals surface area contributed by atoms with Crippen molar-refractivity contribution in [2.45, 2.75) is 13.8 Å². The predicted octanol–water partition coefficient (Wildman–Crippen LogP) is 1.05. The van der Waals surface area contributed by atoms with Gasteiger partial charge in [-0.3, -0.25) is 0 Å². The number of carbonyl (C=O) groups excluding carboxylic acids is 2. The SMILES string of the molecule is C=C(C)C(=O)OC(=O)C(=C)C.[H-].[H-].[Mg+2]. The van der Waals surface area contributed by atoms with E-state index in [9.17, 15) is 9.59 Å². The Morgan fingerprint density at radius 2 is 1.33 bits per heavy atom. The minimum atomic E-state index is -0.710. The van der Waals surface area contributed by atoms with Gasteiger partial charge in [-0.05, 0) is 13.8 Å². The first-order valence-corrected chi connectivity index (χ1v) is 3.02. The molecule has 0 N–H and O–H groups in total. The van der Waals surface area contributed by atoms with Crippen molar-refractivity contribution >= 4 is 35.0 Å². The van der Waals surface area contributed by atoms with Crippen LogP contribution < -0.4 is 0 Å². The fourth-order valence-electron chi connectivity index (χ4n) is 0.258. The molecule has 0 heterocycles. The summed E-state index contributed by atoms with van der Waals surface area (Å²) in [4.78, 5) is 21.3. The Morgan fingerprint density at radius 1 is 1.08 bits per heavy atom. The van der Waals surface area contributed by atoms with Crippen LogP contribution in [0.2, 0.25) is 0 Å². The number of hydrogen-bond acceptors (Lipinski definition) is 3. The molecule has 0 spiro atoms. The molecule has 0 saturated carbocycles. The molecule has 0 amide bonds. The second-order valence-electron chi connectivity index (χ2n) is 2.24. The van der Waals surface area contributed by atoms with E-state index in [0.717, 1.165) is 0 Å². The van der Waals surface area contributed by atoms with E-state index in [4.69, 9.17) is 0 Å². The van der Waals surface area contributed by atoms with E-state index in [1.807, 2.05) is 0 Å². The zero-order valence-corrected chi connectivity index (χ0v) is 8.76. The molecule has 0 unspecified atom stereocenters. The Hall–Kier alpha value is -0.614. The maximum absolute atomic E-state index is 10.7. The third kappa shape index (κ3) is 5.09. The monoisotopic (exact) mass is 180 g/mol. The van der Waals surface area contributed by atoms with Crippen molar-refractivity contribution in [3.63, 3.8) is 0 Å². The third-order valence-electron chi connectivity index (χ3n) is 0.882. The van der Waals surface area contributed by atoms with E-state index in [2.05, 4.69) is 17.9 Å². The zero-order valence-electron chi connectivity index (χ0n) is 9.35. The quantitative estimate of drug-likeness (QED) is 0.276. The largest absolute Gasteiger partial charge is 2.00 e. The van der Waals surface area contributed by atoms with Gasteiger partial charge in [0, 0.05) is 11.1 Å². The summed E-state index contributed by atoms with van der Waals surface area (Å²) in [6.07, 6.45) is 0. The van der Waals surface area contributed by atoms with Gasteiger partial charge in [0.15, 0.2) is 0 Å². The predicted molar refractivity (Wildman–Crippen MR) is 48.7 cm³/mol. The summed E-state index contributed by atoms with van der Waals surface area (Å²) in [6, 6.07) is 0. The Labute approximate surface area is 90.6 Å². The average Bonchev–Trinajstić information content (AvgIpc) is 1.87. The number of rotatable bonds is 2. The molecular weight excluding hydrogens is 168 g/mol. The Morgan fingerprint density at radius 3 is 1.50 bits per heavy atom. The molecule has 0 aliphatic rings. The fourth-order valence-corrected chi connectivity index (χ4v) is 0.258. The first-order chi connectivity index (χ1) is 4.95. The topological polar surface area (TPSA) is 43.4 Å². The standard InChI is InChI=1S/C8H10O3.Mg.2H/c1-5(2)7(9)11-8(10)6(3)4;;;/h1,3H2,2,4H3;;;/q;+2;2*-1. The van der Waals surface area contributed by atoms with Gasteiger partial charge >= 0.3 is 35.0 Å². The Bertz CT molecular complexity index is 215. The van der Waals surface area contributed by atoms with E-state index in [1.165, 1.54) is 13.8 Å². The van der Waals surface area contributed by atoms with E-state index in [0.29, 0.717) is 0 Å². The van der Waals surface area contributed by atoms with E-state index in [-0.39, 0.29) is 37.1 Å². The molecule has 4 heteroatoms. The summed E-state index contributed by atoms with van der Waals surface area (Å²) in [6.45, 7) is 9.55. The minimum absolute atomic E-state index is 0. The molecule has 0 atom stereocenters. The second kappa shape index (κ2) is 5.96. The van der Waals surface area contributed by atoms with Gasteiger partial charge in [0.1, 0.15) is 0 Å². The van der Waals surface area contributed by atoms with Crippen LogP contribution in [0.25, 0.3) is 0 Å². The molecule has 0 aliphatic heterocycles. The smallest absolute Gasteiger partial charge is 1.00 e. The third-order valence-corrected chi connectivity index (χ3v) is 0.882. The number of hydrogen-bond donors (Lipinski definition) is 0. The fraction of sp³-hybridized carbons (Fsp3) is 0.250. The summed E-state index contributed by atoms with van der Waals surface area (Å²) >= 11 is 0. The van der Waals surface area contributed by atoms with Crippen molar-refractivity contribution in [3.05, 3.63) is 24.3 Å². The second-order valence-corrected chi connectivity index (χ2v) is 2.24. The summed E-state index contributed by atoms with van der Waals surface area (Å²) in [5.41, 5.74) is 0.388. The van der Waals surface area contributed by atoms with Crippen LogP contribution >= 0.6 is 0 Å². The first-order valence-electron chi connectivity index (χ1n) is 3.02. The molecule has 0 aromatic rings. The van der Waals surface area contributed by atoms with Gasteiger partial charge in [0.25, 0.3) is 0 Å². The molecule has 12 heavy (non-hydrogen) atoms. The van der Waals surface area contributed by atoms with Crippen LogP contribution in [0, 0.1) is 0 Å². The minimum Gasteiger partial charge on any atom is -1.00 e. The van der Waals surface area contributed by atoms with Crippen molar-refractivity contribution in [2.24, 2.45) is 0 Å². The van der Waals surface area contributed by atoms with Gasteiger partial charge in [-0.1, -0.05) is 13.2 Å². The van der Waals surface area contributed by atoms with Crippen LogP contribution in [0.15, 0.2) is 24.3 Å². The molecule has 0 rings (SSSR count). The van der Waals surface area contributed by atoms with Crippen molar-refractivity contribution in [1.82, 2.24) is 0 Å². The Balaban J connectivity index is -0.000000167. The summed E-state index contributed by atoms with van der Waals surface area (Å²) in [5, 5.41) is 0. The van der Waals surface area contributed by atoms with Crippen LogP contribution in [-0.2, 0) is 14.3 Å². The molecule has 0 saturated heterocycles. The van der Waals surface area contributed by atoms with Crippen LogP contribution in [-0.4, -0.2) is 35.0 Å².